The lowest BCUT2D eigenvalue weighted by atomic mass is 10.3. The Bertz CT molecular complexity index is 1070. The number of nitrogens with zero attached hydrogens (tertiary/aromatic N) is 3. The van der Waals surface area contributed by atoms with Crippen LogP contribution in [0.3, 0.4) is 0 Å². The molecule has 0 aliphatic rings. The fraction of sp³-hybridized carbons (Fsp3) is 0.273. The fourth-order valence-electron chi connectivity index (χ4n) is 2.96. The van der Waals surface area contributed by atoms with Gasteiger partial charge in [-0.25, -0.2) is 0 Å². The zero-order valence-electron chi connectivity index (χ0n) is 18.1. The maximum atomic E-state index is 12.4. The number of aromatic nitrogens is 3. The van der Waals surface area contributed by atoms with E-state index in [0.29, 0.717) is 40.4 Å². The summed E-state index contributed by atoms with van der Waals surface area (Å²) in [6.45, 7) is 2.52. The molecule has 1 heterocycles. The topological polar surface area (TPSA) is 107 Å². The minimum absolute atomic E-state index is 0.0703. The fourth-order valence-corrected chi connectivity index (χ4v) is 3.78. The first-order valence-corrected chi connectivity index (χ1v) is 10.9. The first-order chi connectivity index (χ1) is 15.5. The number of rotatable bonds is 10. The number of thioether (sulfide) groups is 1. The van der Waals surface area contributed by atoms with Gasteiger partial charge in [-0.15, -0.1) is 10.2 Å². The van der Waals surface area contributed by atoms with Gasteiger partial charge < -0.3 is 24.7 Å². The van der Waals surface area contributed by atoms with E-state index in [4.69, 9.17) is 9.47 Å². The number of benzene rings is 2. The van der Waals surface area contributed by atoms with E-state index in [2.05, 4.69) is 20.8 Å². The standard InChI is InChI=1S/C22H25N5O4S/c1-4-27-19(13-20(28)23-15-9-11-16(30-2)12-10-15)25-26-22(27)32-14-21(29)24-17-7-5-6-8-18(17)31-3/h5-12H,4,13-14H2,1-3H3,(H,23,28)(H,24,29). The van der Waals surface area contributed by atoms with E-state index in [9.17, 15) is 9.59 Å². The number of para-hydroxylation sites is 2. The predicted octanol–water partition coefficient (Wildman–Crippen LogP) is 3.23. The van der Waals surface area contributed by atoms with Gasteiger partial charge in [-0.1, -0.05) is 23.9 Å². The number of hydrogen-bond acceptors (Lipinski definition) is 7. The Kier molecular flexibility index (Phi) is 8.09. The first-order valence-electron chi connectivity index (χ1n) is 9.95. The van der Waals surface area contributed by atoms with Crippen molar-refractivity contribution >= 4 is 35.0 Å². The number of ether oxygens (including phenoxy) is 2. The second kappa shape index (κ2) is 11.2. The first kappa shape index (κ1) is 23.1. The predicted molar refractivity (Wildman–Crippen MR) is 123 cm³/mol. The van der Waals surface area contributed by atoms with Gasteiger partial charge in [-0.3, -0.25) is 9.59 Å². The van der Waals surface area contributed by atoms with Crippen LogP contribution < -0.4 is 20.1 Å². The van der Waals surface area contributed by atoms with Crippen LogP contribution >= 0.6 is 11.8 Å². The largest absolute Gasteiger partial charge is 0.497 e. The van der Waals surface area contributed by atoms with Crippen molar-refractivity contribution in [2.75, 3.05) is 30.6 Å². The van der Waals surface area contributed by atoms with Gasteiger partial charge in [-0.2, -0.15) is 0 Å². The highest BCUT2D eigenvalue weighted by Gasteiger charge is 2.16. The maximum absolute atomic E-state index is 12.4. The van der Waals surface area contributed by atoms with Gasteiger partial charge in [0.05, 0.1) is 32.1 Å². The summed E-state index contributed by atoms with van der Waals surface area (Å²) in [4.78, 5) is 24.8. The quantitative estimate of drug-likeness (QED) is 0.452. The smallest absolute Gasteiger partial charge is 0.234 e. The van der Waals surface area contributed by atoms with Crippen LogP contribution in [-0.4, -0.2) is 46.6 Å². The minimum Gasteiger partial charge on any atom is -0.497 e. The highest BCUT2D eigenvalue weighted by molar-refractivity contribution is 7.99. The number of hydrogen-bond donors (Lipinski definition) is 2. The van der Waals surface area contributed by atoms with Crippen LogP contribution in [-0.2, 0) is 22.6 Å². The molecule has 0 spiro atoms. The molecule has 32 heavy (non-hydrogen) atoms. The van der Waals surface area contributed by atoms with Crippen LogP contribution in [0.5, 0.6) is 11.5 Å². The van der Waals surface area contributed by atoms with Crippen molar-refractivity contribution in [3.05, 3.63) is 54.4 Å². The van der Waals surface area contributed by atoms with Crippen molar-refractivity contribution in [1.82, 2.24) is 14.8 Å². The second-order valence-corrected chi connectivity index (χ2v) is 7.58. The lowest BCUT2D eigenvalue weighted by Gasteiger charge is -2.10. The van der Waals surface area contributed by atoms with E-state index in [1.807, 2.05) is 23.6 Å². The molecule has 0 radical (unpaired) electrons. The molecular formula is C22H25N5O4S. The van der Waals surface area contributed by atoms with Crippen LogP contribution in [0.15, 0.2) is 53.7 Å². The molecule has 2 aromatic carbocycles. The van der Waals surface area contributed by atoms with E-state index < -0.39 is 0 Å². The van der Waals surface area contributed by atoms with E-state index in [-0.39, 0.29) is 24.0 Å². The van der Waals surface area contributed by atoms with Gasteiger partial charge >= 0.3 is 0 Å². The molecule has 168 valence electrons. The van der Waals surface area contributed by atoms with Crippen molar-refractivity contribution in [2.45, 2.75) is 25.0 Å². The SMILES string of the molecule is CCn1c(CC(=O)Nc2ccc(OC)cc2)nnc1SCC(=O)Nc1ccccc1OC. The number of carbonyl (C=O) groups excluding carboxylic acids is 2. The number of amides is 2. The monoisotopic (exact) mass is 455 g/mol. The molecule has 3 rings (SSSR count). The summed E-state index contributed by atoms with van der Waals surface area (Å²) in [5.41, 5.74) is 1.27. The van der Waals surface area contributed by atoms with Crippen molar-refractivity contribution in [2.24, 2.45) is 0 Å². The molecule has 0 fully saturated rings. The average Bonchev–Trinajstić information content (AvgIpc) is 3.19. The molecule has 2 N–H and O–H groups in total. The van der Waals surface area contributed by atoms with Crippen molar-refractivity contribution in [3.8, 4) is 11.5 Å². The lowest BCUT2D eigenvalue weighted by molar-refractivity contribution is -0.116. The summed E-state index contributed by atoms with van der Waals surface area (Å²) < 4.78 is 12.2. The number of nitrogens with one attached hydrogen (secondary N) is 2. The maximum Gasteiger partial charge on any atom is 0.234 e. The zero-order chi connectivity index (χ0) is 22.9. The second-order valence-electron chi connectivity index (χ2n) is 6.63. The van der Waals surface area contributed by atoms with E-state index >= 15 is 0 Å². The van der Waals surface area contributed by atoms with E-state index in [1.165, 1.54) is 11.8 Å². The third kappa shape index (κ3) is 6.01. The van der Waals surface area contributed by atoms with Gasteiger partial charge in [0, 0.05) is 12.2 Å². The molecule has 9 nitrogen and oxygen atoms in total. The summed E-state index contributed by atoms with van der Waals surface area (Å²) >= 11 is 1.26. The number of methoxy groups -OCH3 is 2. The molecule has 0 atom stereocenters. The highest BCUT2D eigenvalue weighted by Crippen LogP contribution is 2.24. The zero-order valence-corrected chi connectivity index (χ0v) is 18.9. The summed E-state index contributed by atoms with van der Waals surface area (Å²) in [5.74, 6) is 1.59. The Labute approximate surface area is 190 Å². The third-order valence-electron chi connectivity index (χ3n) is 4.52. The van der Waals surface area contributed by atoms with Crippen molar-refractivity contribution in [1.29, 1.82) is 0 Å². The Morgan fingerprint density at radius 1 is 0.969 bits per heavy atom. The Balaban J connectivity index is 1.57. The third-order valence-corrected chi connectivity index (χ3v) is 5.48. The Hall–Kier alpha value is -3.53. The summed E-state index contributed by atoms with van der Waals surface area (Å²) in [7, 11) is 3.14. The van der Waals surface area contributed by atoms with Crippen molar-refractivity contribution in [3.63, 3.8) is 0 Å². The molecule has 1 aromatic heterocycles. The summed E-state index contributed by atoms with van der Waals surface area (Å²) in [6, 6.07) is 14.3. The van der Waals surface area contributed by atoms with Gasteiger partial charge in [-0.05, 0) is 43.3 Å². The van der Waals surface area contributed by atoms with E-state index in [0.717, 1.165) is 0 Å². The number of anilines is 2. The van der Waals surface area contributed by atoms with Gasteiger partial charge in [0.2, 0.25) is 11.8 Å². The molecular weight excluding hydrogens is 430 g/mol. The van der Waals surface area contributed by atoms with Crippen LogP contribution in [0.25, 0.3) is 0 Å². The summed E-state index contributed by atoms with van der Waals surface area (Å²) in [6.07, 6.45) is 0.0703. The number of carbonyl (C=O) groups is 2. The van der Waals surface area contributed by atoms with Crippen LogP contribution in [0.4, 0.5) is 11.4 Å². The molecule has 10 heteroatoms. The molecule has 3 aromatic rings. The Morgan fingerprint density at radius 2 is 1.72 bits per heavy atom. The van der Waals surface area contributed by atoms with Crippen LogP contribution in [0.1, 0.15) is 12.7 Å². The van der Waals surface area contributed by atoms with Gasteiger partial charge in [0.15, 0.2) is 5.16 Å². The molecule has 0 aliphatic carbocycles. The summed E-state index contributed by atoms with van der Waals surface area (Å²) in [5, 5.41) is 14.5. The molecule has 2 amide bonds. The van der Waals surface area contributed by atoms with Crippen LogP contribution in [0, 0.1) is 0 Å². The minimum atomic E-state index is -0.206. The van der Waals surface area contributed by atoms with Gasteiger partial charge in [0.1, 0.15) is 17.3 Å². The van der Waals surface area contributed by atoms with Crippen LogP contribution in [0.2, 0.25) is 0 Å². The van der Waals surface area contributed by atoms with E-state index in [1.54, 1.807) is 50.6 Å². The average molecular weight is 456 g/mol. The molecule has 0 aliphatic heterocycles. The highest BCUT2D eigenvalue weighted by atomic mass is 32.2. The molecule has 0 saturated heterocycles. The molecule has 0 saturated carbocycles. The Morgan fingerprint density at radius 3 is 2.41 bits per heavy atom. The van der Waals surface area contributed by atoms with Crippen molar-refractivity contribution < 1.29 is 19.1 Å². The lowest BCUT2D eigenvalue weighted by Crippen LogP contribution is -2.18. The molecule has 0 bridgehead atoms. The normalized spacial score (nSPS) is 10.5. The molecule has 0 unspecified atom stereocenters. The van der Waals surface area contributed by atoms with Gasteiger partial charge in [0.25, 0.3) is 0 Å².